The average molecular weight is 482 g/mol. The van der Waals surface area contributed by atoms with Crippen LogP contribution in [0.2, 0.25) is 0 Å². The molecular weight excluding hydrogens is 446 g/mol. The van der Waals surface area contributed by atoms with E-state index < -0.39 is 18.1 Å². The number of carboxylic acids is 1. The number of carbonyl (C=O) groups excluding carboxylic acids is 2. The molecule has 188 valence electrons. The zero-order valence-electron chi connectivity index (χ0n) is 20.0. The van der Waals surface area contributed by atoms with E-state index in [1.165, 1.54) is 0 Å². The highest BCUT2D eigenvalue weighted by molar-refractivity contribution is 5.85. The van der Waals surface area contributed by atoms with Crippen LogP contribution >= 0.6 is 0 Å². The second-order valence-electron chi connectivity index (χ2n) is 8.80. The summed E-state index contributed by atoms with van der Waals surface area (Å²) in [5.41, 5.74) is 10.1. The Labute approximate surface area is 206 Å². The number of fused-ring (bicyclic) bond motifs is 3. The second kappa shape index (κ2) is 13.5. The SMILES string of the molecule is NCCCC[C@H](NC(=O)OCC1c2ccccc2-c2ccccc21)C(=O)NCCCCCC(=O)O. The molecule has 1 aliphatic rings. The van der Waals surface area contributed by atoms with Gasteiger partial charge >= 0.3 is 12.1 Å². The van der Waals surface area contributed by atoms with Crippen molar-refractivity contribution in [3.63, 3.8) is 0 Å². The van der Waals surface area contributed by atoms with Gasteiger partial charge in [0.25, 0.3) is 0 Å². The van der Waals surface area contributed by atoms with Crippen LogP contribution in [0.3, 0.4) is 0 Å². The molecule has 0 aliphatic heterocycles. The molecule has 2 amide bonds. The predicted molar refractivity (Wildman–Crippen MR) is 134 cm³/mol. The van der Waals surface area contributed by atoms with E-state index in [0.29, 0.717) is 45.2 Å². The van der Waals surface area contributed by atoms with E-state index in [9.17, 15) is 14.4 Å². The van der Waals surface area contributed by atoms with Crippen molar-refractivity contribution in [2.24, 2.45) is 5.73 Å². The number of aliphatic carboxylic acids is 1. The molecule has 3 rings (SSSR count). The highest BCUT2D eigenvalue weighted by Crippen LogP contribution is 2.44. The molecule has 0 heterocycles. The maximum atomic E-state index is 12.7. The quantitative estimate of drug-likeness (QED) is 0.304. The van der Waals surface area contributed by atoms with Crippen LogP contribution in [-0.2, 0) is 14.3 Å². The molecule has 0 saturated carbocycles. The van der Waals surface area contributed by atoms with Crippen molar-refractivity contribution < 1.29 is 24.2 Å². The first kappa shape index (κ1) is 26.2. The van der Waals surface area contributed by atoms with Crippen LogP contribution in [-0.4, -0.2) is 48.8 Å². The minimum atomic E-state index is -0.818. The molecule has 2 aromatic carbocycles. The van der Waals surface area contributed by atoms with E-state index in [2.05, 4.69) is 34.9 Å². The summed E-state index contributed by atoms with van der Waals surface area (Å²) in [6.07, 6.45) is 3.39. The summed E-state index contributed by atoms with van der Waals surface area (Å²) in [5, 5.41) is 14.3. The number of carbonyl (C=O) groups is 3. The summed E-state index contributed by atoms with van der Waals surface area (Å²) in [4.78, 5) is 35.9. The fourth-order valence-electron chi connectivity index (χ4n) is 4.46. The molecule has 0 radical (unpaired) electrons. The molecule has 0 spiro atoms. The van der Waals surface area contributed by atoms with Gasteiger partial charge in [-0.25, -0.2) is 4.79 Å². The van der Waals surface area contributed by atoms with Gasteiger partial charge in [-0.1, -0.05) is 55.0 Å². The molecule has 35 heavy (non-hydrogen) atoms. The zero-order chi connectivity index (χ0) is 25.0. The molecule has 1 atom stereocenters. The molecule has 0 fully saturated rings. The second-order valence-corrected chi connectivity index (χ2v) is 8.80. The first-order valence-electron chi connectivity index (χ1n) is 12.3. The van der Waals surface area contributed by atoms with Crippen LogP contribution in [0.1, 0.15) is 62.0 Å². The van der Waals surface area contributed by atoms with Crippen molar-refractivity contribution in [1.29, 1.82) is 0 Å². The number of nitrogens with one attached hydrogen (secondary N) is 2. The van der Waals surface area contributed by atoms with E-state index in [1.54, 1.807) is 0 Å². The topological polar surface area (TPSA) is 131 Å². The molecular formula is C27H35N3O5. The van der Waals surface area contributed by atoms with E-state index in [0.717, 1.165) is 28.7 Å². The lowest BCUT2D eigenvalue weighted by molar-refractivity contribution is -0.137. The number of alkyl carbamates (subject to hydrolysis) is 1. The normalized spacial score (nSPS) is 12.9. The van der Waals surface area contributed by atoms with Crippen molar-refractivity contribution in [3.8, 4) is 11.1 Å². The summed E-state index contributed by atoms with van der Waals surface area (Å²) in [6.45, 7) is 1.13. The molecule has 2 aromatic rings. The van der Waals surface area contributed by atoms with Gasteiger partial charge < -0.3 is 26.2 Å². The Morgan fingerprint density at radius 1 is 0.914 bits per heavy atom. The molecule has 8 heteroatoms. The van der Waals surface area contributed by atoms with Crippen LogP contribution in [0.15, 0.2) is 48.5 Å². The van der Waals surface area contributed by atoms with E-state index in [-0.39, 0.29) is 24.9 Å². The maximum absolute atomic E-state index is 12.7. The number of hydrogen-bond donors (Lipinski definition) is 4. The van der Waals surface area contributed by atoms with Gasteiger partial charge in [0.1, 0.15) is 12.6 Å². The van der Waals surface area contributed by atoms with Gasteiger partial charge in [0.2, 0.25) is 5.91 Å². The van der Waals surface area contributed by atoms with E-state index in [4.69, 9.17) is 15.6 Å². The van der Waals surface area contributed by atoms with Crippen LogP contribution in [0.25, 0.3) is 11.1 Å². The number of nitrogens with two attached hydrogens (primary N) is 1. The van der Waals surface area contributed by atoms with Crippen LogP contribution in [0.4, 0.5) is 4.79 Å². The zero-order valence-corrected chi connectivity index (χ0v) is 20.0. The van der Waals surface area contributed by atoms with Crippen molar-refractivity contribution in [2.75, 3.05) is 19.7 Å². The standard InChI is InChI=1S/C27H35N3O5/c28-16-8-7-14-24(26(33)29-17-9-1-2-15-25(31)32)30-27(34)35-18-23-21-12-5-3-10-19(21)20-11-4-6-13-22(20)23/h3-6,10-13,23-24H,1-2,7-9,14-18,28H2,(H,29,33)(H,30,34)(H,31,32)/t24-/m0/s1. The minimum Gasteiger partial charge on any atom is -0.481 e. The van der Waals surface area contributed by atoms with Gasteiger partial charge in [-0.05, 0) is 60.9 Å². The maximum Gasteiger partial charge on any atom is 0.407 e. The Bertz CT molecular complexity index is 964. The molecule has 5 N–H and O–H groups in total. The third-order valence-corrected chi connectivity index (χ3v) is 6.27. The summed E-state index contributed by atoms with van der Waals surface area (Å²) in [7, 11) is 0. The van der Waals surface area contributed by atoms with Gasteiger partial charge in [0, 0.05) is 18.9 Å². The molecule has 0 unspecified atom stereocenters. The minimum absolute atomic E-state index is 0.0523. The number of amides is 2. The number of rotatable bonds is 14. The smallest absolute Gasteiger partial charge is 0.407 e. The van der Waals surface area contributed by atoms with Crippen molar-refractivity contribution in [3.05, 3.63) is 59.7 Å². The van der Waals surface area contributed by atoms with Gasteiger partial charge in [-0.3, -0.25) is 9.59 Å². The highest BCUT2D eigenvalue weighted by Gasteiger charge is 2.29. The summed E-state index contributed by atoms with van der Waals surface area (Å²) < 4.78 is 5.60. The number of carboxylic acid groups (broad SMARTS) is 1. The Morgan fingerprint density at radius 3 is 2.20 bits per heavy atom. The number of ether oxygens (including phenoxy) is 1. The number of hydrogen-bond acceptors (Lipinski definition) is 5. The number of benzene rings is 2. The van der Waals surface area contributed by atoms with Gasteiger partial charge in [-0.2, -0.15) is 0 Å². The van der Waals surface area contributed by atoms with E-state index in [1.807, 2.05) is 24.3 Å². The highest BCUT2D eigenvalue weighted by atomic mass is 16.5. The fraction of sp³-hybridized carbons (Fsp3) is 0.444. The first-order valence-corrected chi connectivity index (χ1v) is 12.3. The molecule has 0 aromatic heterocycles. The molecule has 1 aliphatic carbocycles. The lowest BCUT2D eigenvalue weighted by Crippen LogP contribution is -2.47. The van der Waals surface area contributed by atoms with Gasteiger partial charge in [0.05, 0.1) is 0 Å². The van der Waals surface area contributed by atoms with Gasteiger partial charge in [0.15, 0.2) is 0 Å². The molecule has 8 nitrogen and oxygen atoms in total. The Morgan fingerprint density at radius 2 is 1.57 bits per heavy atom. The van der Waals surface area contributed by atoms with E-state index >= 15 is 0 Å². The van der Waals surface area contributed by atoms with Crippen molar-refractivity contribution >= 4 is 18.0 Å². The summed E-state index contributed by atoms with van der Waals surface area (Å²) >= 11 is 0. The number of unbranched alkanes of at least 4 members (excludes halogenated alkanes) is 3. The molecule has 0 saturated heterocycles. The predicted octanol–water partition coefficient (Wildman–Crippen LogP) is 3.78. The largest absolute Gasteiger partial charge is 0.481 e. The van der Waals surface area contributed by atoms with Crippen LogP contribution < -0.4 is 16.4 Å². The lowest BCUT2D eigenvalue weighted by atomic mass is 9.98. The third-order valence-electron chi connectivity index (χ3n) is 6.27. The fourth-order valence-corrected chi connectivity index (χ4v) is 4.46. The average Bonchev–Trinajstić information content (AvgIpc) is 3.17. The Kier molecular flexibility index (Phi) is 10.1. The monoisotopic (exact) mass is 481 g/mol. The lowest BCUT2D eigenvalue weighted by Gasteiger charge is -2.20. The summed E-state index contributed by atoms with van der Waals surface area (Å²) in [6, 6.07) is 15.5. The van der Waals surface area contributed by atoms with Crippen LogP contribution in [0.5, 0.6) is 0 Å². The Hall–Kier alpha value is -3.39. The summed E-state index contributed by atoms with van der Waals surface area (Å²) in [5.74, 6) is -1.14. The Balaban J connectivity index is 1.53. The van der Waals surface area contributed by atoms with Crippen LogP contribution in [0, 0.1) is 0 Å². The molecule has 0 bridgehead atoms. The first-order chi connectivity index (χ1) is 17.0. The van der Waals surface area contributed by atoms with Gasteiger partial charge in [-0.15, -0.1) is 0 Å². The van der Waals surface area contributed by atoms with Crippen molar-refractivity contribution in [1.82, 2.24) is 10.6 Å². The van der Waals surface area contributed by atoms with Crippen molar-refractivity contribution in [2.45, 2.75) is 56.9 Å². The third kappa shape index (κ3) is 7.55.